The fourth-order valence-corrected chi connectivity index (χ4v) is 1.91. The van der Waals surface area contributed by atoms with Gasteiger partial charge in [-0.15, -0.1) is 0 Å². The third-order valence-electron chi connectivity index (χ3n) is 2.96. The van der Waals surface area contributed by atoms with Gasteiger partial charge in [0.05, 0.1) is 0 Å². The number of halogens is 4. The van der Waals surface area contributed by atoms with Crippen molar-refractivity contribution >= 4 is 11.6 Å². The summed E-state index contributed by atoms with van der Waals surface area (Å²) < 4.78 is 36.4. The zero-order valence-electron chi connectivity index (χ0n) is 13.4. The maximum atomic E-state index is 12.1. The van der Waals surface area contributed by atoms with Crippen molar-refractivity contribution in [3.63, 3.8) is 0 Å². The molecule has 0 aliphatic rings. The van der Waals surface area contributed by atoms with Crippen LogP contribution in [0, 0.1) is 5.92 Å². The minimum Gasteiger partial charge on any atom is -0.252 e. The number of rotatable bonds is 3. The first-order valence-electron chi connectivity index (χ1n) is 7.35. The van der Waals surface area contributed by atoms with Gasteiger partial charge in [0.25, 0.3) is 0 Å². The standard InChI is InChI=1S/C10H12F3N.C7H8ClN/c1-7(2)5-8-3-4-9(14-6-8)10(11,12)13;1-2-6-3-4-7(8)9-5-6/h3-4,6-7H,5H2,1-2H3;3-5H,2H2,1H3. The Balaban J connectivity index is 0.000000253. The third kappa shape index (κ3) is 7.46. The van der Waals surface area contributed by atoms with Gasteiger partial charge in [0.2, 0.25) is 0 Å². The summed E-state index contributed by atoms with van der Waals surface area (Å²) in [4.78, 5) is 7.29. The molecule has 6 heteroatoms. The smallest absolute Gasteiger partial charge is 0.252 e. The molecule has 0 saturated heterocycles. The Morgan fingerprint density at radius 3 is 2.00 bits per heavy atom. The second-order valence-corrected chi connectivity index (χ2v) is 5.88. The maximum Gasteiger partial charge on any atom is 0.433 e. The topological polar surface area (TPSA) is 25.8 Å². The molecule has 0 aliphatic heterocycles. The van der Waals surface area contributed by atoms with E-state index in [1.54, 1.807) is 12.3 Å². The Bertz CT molecular complexity index is 578. The van der Waals surface area contributed by atoms with Crippen LogP contribution in [0.1, 0.15) is 37.6 Å². The Hall–Kier alpha value is -1.62. The lowest BCUT2D eigenvalue weighted by atomic mass is 10.0. The lowest BCUT2D eigenvalue weighted by Crippen LogP contribution is -2.08. The number of aromatic nitrogens is 2. The van der Waals surface area contributed by atoms with Gasteiger partial charge < -0.3 is 0 Å². The second kappa shape index (κ2) is 8.87. The van der Waals surface area contributed by atoms with E-state index in [0.717, 1.165) is 24.5 Å². The highest BCUT2D eigenvalue weighted by Crippen LogP contribution is 2.27. The van der Waals surface area contributed by atoms with Crippen LogP contribution in [0.4, 0.5) is 13.2 Å². The van der Waals surface area contributed by atoms with Gasteiger partial charge in [-0.2, -0.15) is 13.2 Å². The SMILES string of the molecule is CC(C)Cc1ccc(C(F)(F)F)nc1.CCc1ccc(Cl)nc1. The summed E-state index contributed by atoms with van der Waals surface area (Å²) in [6, 6.07) is 6.29. The van der Waals surface area contributed by atoms with E-state index in [1.807, 2.05) is 19.9 Å². The van der Waals surface area contributed by atoms with Crippen molar-refractivity contribution < 1.29 is 13.2 Å². The molecule has 0 spiro atoms. The summed E-state index contributed by atoms with van der Waals surface area (Å²) in [5, 5.41) is 0.562. The van der Waals surface area contributed by atoms with Crippen LogP contribution < -0.4 is 0 Å². The van der Waals surface area contributed by atoms with Gasteiger partial charge in [-0.3, -0.25) is 4.98 Å². The molecule has 2 rings (SSSR count). The van der Waals surface area contributed by atoms with E-state index in [9.17, 15) is 13.2 Å². The Morgan fingerprint density at radius 1 is 1.00 bits per heavy atom. The van der Waals surface area contributed by atoms with E-state index >= 15 is 0 Å². The van der Waals surface area contributed by atoms with Gasteiger partial charge in [-0.05, 0) is 42.0 Å². The van der Waals surface area contributed by atoms with Crippen LogP contribution in [0.2, 0.25) is 5.15 Å². The molecule has 0 atom stereocenters. The summed E-state index contributed by atoms with van der Waals surface area (Å²) >= 11 is 5.56. The first-order chi connectivity index (χ1) is 10.7. The molecule has 0 fully saturated rings. The fraction of sp³-hybridized carbons (Fsp3) is 0.412. The van der Waals surface area contributed by atoms with E-state index in [-0.39, 0.29) is 0 Å². The van der Waals surface area contributed by atoms with E-state index in [0.29, 0.717) is 11.1 Å². The maximum absolute atomic E-state index is 12.1. The molecule has 126 valence electrons. The van der Waals surface area contributed by atoms with Crippen molar-refractivity contribution in [1.82, 2.24) is 9.97 Å². The van der Waals surface area contributed by atoms with Gasteiger partial charge in [0, 0.05) is 12.4 Å². The molecule has 2 aromatic heterocycles. The average Bonchev–Trinajstić information content (AvgIpc) is 2.48. The van der Waals surface area contributed by atoms with E-state index in [4.69, 9.17) is 11.6 Å². The second-order valence-electron chi connectivity index (χ2n) is 5.49. The quantitative estimate of drug-likeness (QED) is 0.678. The van der Waals surface area contributed by atoms with Gasteiger partial charge in [-0.25, -0.2) is 4.98 Å². The molecule has 2 nitrogen and oxygen atoms in total. The number of pyridine rings is 2. The van der Waals surface area contributed by atoms with Crippen molar-refractivity contribution in [2.75, 3.05) is 0 Å². The van der Waals surface area contributed by atoms with Crippen molar-refractivity contribution in [2.24, 2.45) is 5.92 Å². The number of aryl methyl sites for hydroxylation is 1. The Morgan fingerprint density at radius 2 is 1.61 bits per heavy atom. The molecule has 0 radical (unpaired) electrons. The molecule has 2 aromatic rings. The lowest BCUT2D eigenvalue weighted by Gasteiger charge is -2.07. The summed E-state index contributed by atoms with van der Waals surface area (Å²) in [5.74, 6) is 0.425. The molecule has 0 aromatic carbocycles. The number of hydrogen-bond donors (Lipinski definition) is 0. The van der Waals surface area contributed by atoms with Crippen LogP contribution in [0.25, 0.3) is 0 Å². The lowest BCUT2D eigenvalue weighted by molar-refractivity contribution is -0.141. The van der Waals surface area contributed by atoms with E-state index in [2.05, 4.69) is 16.9 Å². The zero-order chi connectivity index (χ0) is 17.5. The molecule has 0 amide bonds. The van der Waals surface area contributed by atoms with Gasteiger partial charge in [-0.1, -0.05) is 44.5 Å². The summed E-state index contributed by atoms with van der Waals surface area (Å²) in [6.45, 7) is 6.11. The zero-order valence-corrected chi connectivity index (χ0v) is 14.1. The number of alkyl halides is 3. The molecule has 0 saturated carbocycles. The minimum atomic E-state index is -4.34. The van der Waals surface area contributed by atoms with Gasteiger partial charge in [0.15, 0.2) is 0 Å². The third-order valence-corrected chi connectivity index (χ3v) is 3.18. The van der Waals surface area contributed by atoms with Crippen LogP contribution >= 0.6 is 11.6 Å². The highest BCUT2D eigenvalue weighted by atomic mass is 35.5. The van der Waals surface area contributed by atoms with Crippen molar-refractivity contribution in [3.05, 3.63) is 58.6 Å². The highest BCUT2D eigenvalue weighted by molar-refractivity contribution is 6.29. The number of nitrogens with zero attached hydrogens (tertiary/aromatic N) is 2. The van der Waals surface area contributed by atoms with Gasteiger partial charge >= 0.3 is 6.18 Å². The summed E-state index contributed by atoms with van der Waals surface area (Å²) in [6.07, 6.45) is 0.525. The van der Waals surface area contributed by atoms with E-state index < -0.39 is 11.9 Å². The molecular formula is C17H20ClF3N2. The van der Waals surface area contributed by atoms with Crippen molar-refractivity contribution in [3.8, 4) is 0 Å². The number of hydrogen-bond acceptors (Lipinski definition) is 2. The van der Waals surface area contributed by atoms with E-state index in [1.165, 1.54) is 17.8 Å². The molecule has 0 unspecified atom stereocenters. The van der Waals surface area contributed by atoms with Crippen molar-refractivity contribution in [2.45, 2.75) is 39.8 Å². The van der Waals surface area contributed by atoms with Crippen molar-refractivity contribution in [1.29, 1.82) is 0 Å². The first kappa shape index (κ1) is 19.4. The van der Waals surface area contributed by atoms with Crippen LogP contribution in [0.15, 0.2) is 36.7 Å². The monoisotopic (exact) mass is 344 g/mol. The molecular weight excluding hydrogens is 325 g/mol. The van der Waals surface area contributed by atoms with Gasteiger partial charge in [0.1, 0.15) is 10.8 Å². The van der Waals surface area contributed by atoms with Crippen LogP contribution in [0.3, 0.4) is 0 Å². The minimum absolute atomic E-state index is 0.425. The predicted octanol–water partition coefficient (Wildman–Crippen LogP) is 5.60. The van der Waals surface area contributed by atoms with Crippen LogP contribution in [0.5, 0.6) is 0 Å². The Kier molecular flexibility index (Phi) is 7.49. The Labute approximate surface area is 139 Å². The molecule has 0 aliphatic carbocycles. The highest BCUT2D eigenvalue weighted by Gasteiger charge is 2.31. The predicted molar refractivity (Wildman–Crippen MR) is 86.4 cm³/mol. The molecule has 0 bridgehead atoms. The summed E-state index contributed by atoms with van der Waals surface area (Å²) in [7, 11) is 0. The fourth-order valence-electron chi connectivity index (χ4n) is 1.80. The molecule has 2 heterocycles. The van der Waals surface area contributed by atoms with Crippen LogP contribution in [-0.2, 0) is 19.0 Å². The summed E-state index contributed by atoms with van der Waals surface area (Å²) in [5.41, 5.74) is 1.23. The first-order valence-corrected chi connectivity index (χ1v) is 7.72. The molecule has 23 heavy (non-hydrogen) atoms. The normalized spacial score (nSPS) is 11.1. The average molecular weight is 345 g/mol. The van der Waals surface area contributed by atoms with Crippen LogP contribution in [-0.4, -0.2) is 9.97 Å². The largest absolute Gasteiger partial charge is 0.433 e. The molecule has 0 N–H and O–H groups in total.